The Labute approximate surface area is 131 Å². The Balaban J connectivity index is 1.98. The number of carbonyl (C=O) groups is 3. The van der Waals surface area contributed by atoms with Crippen LogP contribution in [0.4, 0.5) is 15.3 Å². The third-order valence-corrected chi connectivity index (χ3v) is 4.61. The summed E-state index contributed by atoms with van der Waals surface area (Å²) in [6.07, 6.45) is 1.13. The molecule has 0 radical (unpaired) electrons. The van der Waals surface area contributed by atoms with Gasteiger partial charge in [-0.15, -0.1) is 0 Å². The van der Waals surface area contributed by atoms with Crippen molar-refractivity contribution in [1.82, 2.24) is 19.4 Å². The number of aryl methyl sites for hydroxylation is 1. The molecule has 1 saturated heterocycles. The molecular weight excluding hydrogens is 298 g/mol. The van der Waals surface area contributed by atoms with Crippen molar-refractivity contribution in [2.75, 3.05) is 19.0 Å². The number of nitrogens with zero attached hydrogens (tertiary/aromatic N) is 5. The number of fused-ring (bicyclic) bond motifs is 5. The van der Waals surface area contributed by atoms with Crippen LogP contribution < -0.4 is 4.90 Å². The zero-order valence-electron chi connectivity index (χ0n) is 13.0. The number of urea groups is 2. The quantitative estimate of drug-likeness (QED) is 0.736. The fraction of sp³-hybridized carbons (Fsp3) is 0.333. The molecule has 1 aromatic heterocycles. The Morgan fingerprint density at radius 3 is 2.57 bits per heavy atom. The van der Waals surface area contributed by atoms with Gasteiger partial charge in [0, 0.05) is 21.1 Å². The van der Waals surface area contributed by atoms with Gasteiger partial charge in [0.05, 0.1) is 29.5 Å². The summed E-state index contributed by atoms with van der Waals surface area (Å²) in [5, 5.41) is 0. The van der Waals surface area contributed by atoms with E-state index in [1.807, 2.05) is 17.7 Å². The second-order valence-electron chi connectivity index (χ2n) is 5.90. The van der Waals surface area contributed by atoms with Gasteiger partial charge < -0.3 is 9.47 Å². The first-order chi connectivity index (χ1) is 10.9. The van der Waals surface area contributed by atoms with Crippen molar-refractivity contribution in [2.24, 2.45) is 7.05 Å². The first-order valence-corrected chi connectivity index (χ1v) is 7.22. The number of carbonyl (C=O) groups excluding carboxylic acids is 3. The summed E-state index contributed by atoms with van der Waals surface area (Å²) < 4.78 is 1.83. The van der Waals surface area contributed by atoms with E-state index in [-0.39, 0.29) is 12.2 Å². The average molecular weight is 313 g/mol. The largest absolute Gasteiger partial charge is 0.334 e. The number of Topliss-reactive ketones (excluding diaryl/α,β-unsaturated/α-hetero) is 1. The second-order valence-corrected chi connectivity index (χ2v) is 5.90. The van der Waals surface area contributed by atoms with Gasteiger partial charge in [-0.2, -0.15) is 0 Å². The van der Waals surface area contributed by atoms with E-state index in [0.29, 0.717) is 16.8 Å². The second kappa shape index (κ2) is 4.31. The Hall–Kier alpha value is -2.90. The topological polar surface area (TPSA) is 78.8 Å². The number of benzene rings is 1. The van der Waals surface area contributed by atoms with Gasteiger partial charge in [0.2, 0.25) is 0 Å². The standard InChI is InChI=1S/C15H15N5O3/c1-17-7-16-13-9(17)5-4-8-12(13)10(21)6-11-18(2)14(22)19(3)15(23)20(8)11/h4-5,7,11H,6H2,1-3H3. The van der Waals surface area contributed by atoms with E-state index in [4.69, 9.17) is 0 Å². The van der Waals surface area contributed by atoms with Gasteiger partial charge in [-0.25, -0.2) is 19.5 Å². The smallest absolute Gasteiger partial charge is 0.334 e. The third-order valence-electron chi connectivity index (χ3n) is 4.61. The number of hydrogen-bond donors (Lipinski definition) is 0. The van der Waals surface area contributed by atoms with Gasteiger partial charge in [-0.05, 0) is 12.1 Å². The van der Waals surface area contributed by atoms with Crippen molar-refractivity contribution < 1.29 is 14.4 Å². The Morgan fingerprint density at radius 2 is 1.83 bits per heavy atom. The Bertz CT molecular complexity index is 887. The highest BCUT2D eigenvalue weighted by molar-refractivity contribution is 6.18. The fourth-order valence-electron chi connectivity index (χ4n) is 3.33. The molecule has 4 amide bonds. The number of anilines is 1. The van der Waals surface area contributed by atoms with Crippen molar-refractivity contribution in [2.45, 2.75) is 12.6 Å². The molecule has 1 fully saturated rings. The lowest BCUT2D eigenvalue weighted by molar-refractivity contribution is 0.0903. The maximum absolute atomic E-state index is 12.7. The highest BCUT2D eigenvalue weighted by Crippen LogP contribution is 2.38. The molecule has 23 heavy (non-hydrogen) atoms. The lowest BCUT2D eigenvalue weighted by Crippen LogP contribution is -2.66. The SMILES string of the molecule is CN1C(=O)N(C)C2CC(=O)c3c(ccc4c3ncn4C)N2C1=O. The van der Waals surface area contributed by atoms with Crippen LogP contribution in [0.1, 0.15) is 16.8 Å². The molecule has 8 nitrogen and oxygen atoms in total. The Kier molecular flexibility index (Phi) is 2.58. The summed E-state index contributed by atoms with van der Waals surface area (Å²) in [6, 6.07) is 2.74. The van der Waals surface area contributed by atoms with Crippen LogP contribution in [0.15, 0.2) is 18.5 Å². The first kappa shape index (κ1) is 13.7. The van der Waals surface area contributed by atoms with Crippen LogP contribution in [0.25, 0.3) is 11.0 Å². The van der Waals surface area contributed by atoms with E-state index in [9.17, 15) is 14.4 Å². The molecule has 0 aliphatic carbocycles. The minimum atomic E-state index is -0.590. The molecule has 1 unspecified atom stereocenters. The molecule has 3 heterocycles. The maximum atomic E-state index is 12.7. The molecule has 4 rings (SSSR count). The summed E-state index contributed by atoms with van der Waals surface area (Å²) in [4.78, 5) is 45.7. The lowest BCUT2D eigenvalue weighted by Gasteiger charge is -2.46. The highest BCUT2D eigenvalue weighted by Gasteiger charge is 2.46. The van der Waals surface area contributed by atoms with Crippen molar-refractivity contribution >= 4 is 34.6 Å². The molecule has 2 aromatic rings. The van der Waals surface area contributed by atoms with Crippen LogP contribution in [0, 0.1) is 0 Å². The molecule has 8 heteroatoms. The molecule has 0 spiro atoms. The van der Waals surface area contributed by atoms with Crippen LogP contribution in [0.2, 0.25) is 0 Å². The van der Waals surface area contributed by atoms with E-state index < -0.39 is 18.2 Å². The van der Waals surface area contributed by atoms with Crippen molar-refractivity contribution in [3.8, 4) is 0 Å². The van der Waals surface area contributed by atoms with Crippen LogP contribution >= 0.6 is 0 Å². The predicted molar refractivity (Wildman–Crippen MR) is 82.2 cm³/mol. The predicted octanol–water partition coefficient (Wildman–Crippen LogP) is 1.41. The van der Waals surface area contributed by atoms with Gasteiger partial charge in [-0.1, -0.05) is 0 Å². The molecule has 2 aliphatic heterocycles. The molecule has 1 aromatic carbocycles. The summed E-state index contributed by atoms with van der Waals surface area (Å²) in [7, 11) is 4.89. The number of imide groups is 1. The molecule has 0 N–H and O–H groups in total. The molecule has 2 aliphatic rings. The van der Waals surface area contributed by atoms with Crippen molar-refractivity contribution in [3.05, 3.63) is 24.0 Å². The minimum Gasteiger partial charge on any atom is -0.334 e. The van der Waals surface area contributed by atoms with Crippen LogP contribution in [0.5, 0.6) is 0 Å². The maximum Gasteiger partial charge on any atom is 0.334 e. The average Bonchev–Trinajstić information content (AvgIpc) is 2.91. The molecular formula is C15H15N5O3. The van der Waals surface area contributed by atoms with Gasteiger partial charge >= 0.3 is 12.1 Å². The minimum absolute atomic E-state index is 0.0739. The summed E-state index contributed by atoms with van der Waals surface area (Å²) in [6.45, 7) is 0. The molecule has 0 bridgehead atoms. The number of amides is 4. The Morgan fingerprint density at radius 1 is 1.09 bits per heavy atom. The van der Waals surface area contributed by atoms with E-state index in [1.165, 1.54) is 16.8 Å². The van der Waals surface area contributed by atoms with Crippen LogP contribution in [-0.4, -0.2) is 57.5 Å². The van der Waals surface area contributed by atoms with E-state index in [1.54, 1.807) is 19.4 Å². The number of rotatable bonds is 0. The molecule has 118 valence electrons. The van der Waals surface area contributed by atoms with Gasteiger partial charge in [0.25, 0.3) is 0 Å². The molecule has 0 saturated carbocycles. The summed E-state index contributed by atoms with van der Waals surface area (Å²) in [5.41, 5.74) is 2.37. The van der Waals surface area contributed by atoms with E-state index in [0.717, 1.165) is 10.4 Å². The third kappa shape index (κ3) is 1.60. The zero-order chi connectivity index (χ0) is 16.5. The summed E-state index contributed by atoms with van der Waals surface area (Å²) in [5.74, 6) is -0.109. The highest BCUT2D eigenvalue weighted by atomic mass is 16.2. The van der Waals surface area contributed by atoms with Crippen molar-refractivity contribution in [3.63, 3.8) is 0 Å². The van der Waals surface area contributed by atoms with E-state index in [2.05, 4.69) is 4.98 Å². The summed E-state index contributed by atoms with van der Waals surface area (Å²) >= 11 is 0. The number of imidazole rings is 1. The number of ketones is 1. The van der Waals surface area contributed by atoms with Crippen molar-refractivity contribution in [1.29, 1.82) is 0 Å². The zero-order valence-corrected chi connectivity index (χ0v) is 13.0. The number of aromatic nitrogens is 2. The monoisotopic (exact) mass is 313 g/mol. The lowest BCUT2D eigenvalue weighted by atomic mass is 9.95. The molecule has 1 atom stereocenters. The van der Waals surface area contributed by atoms with Crippen LogP contribution in [-0.2, 0) is 7.05 Å². The van der Waals surface area contributed by atoms with Gasteiger partial charge in [0.15, 0.2) is 5.78 Å². The van der Waals surface area contributed by atoms with Crippen LogP contribution in [0.3, 0.4) is 0 Å². The first-order valence-electron chi connectivity index (χ1n) is 7.22. The fourth-order valence-corrected chi connectivity index (χ4v) is 3.33. The van der Waals surface area contributed by atoms with E-state index >= 15 is 0 Å². The van der Waals surface area contributed by atoms with Gasteiger partial charge in [0.1, 0.15) is 11.7 Å². The normalized spacial score (nSPS) is 21.1. The number of hydrogen-bond acceptors (Lipinski definition) is 4. The van der Waals surface area contributed by atoms with Gasteiger partial charge in [-0.3, -0.25) is 9.69 Å².